The Kier molecular flexibility index (Phi) is 4.86. The lowest BCUT2D eigenvalue weighted by atomic mass is 10.3. The zero-order chi connectivity index (χ0) is 15.5. The Hall–Kier alpha value is -1.58. The van der Waals surface area contributed by atoms with Gasteiger partial charge in [0, 0.05) is 28.8 Å². The Labute approximate surface area is 130 Å². The Bertz CT molecular complexity index is 716. The number of hydrogen-bond acceptors (Lipinski definition) is 5. The SMILES string of the molecule is COc1cc(Br)c(S(=O)(=O)NCc2cn[nH]c2)cc1OC. The van der Waals surface area contributed by atoms with Crippen LogP contribution in [0.25, 0.3) is 0 Å². The highest BCUT2D eigenvalue weighted by Crippen LogP contribution is 2.35. The Morgan fingerprint density at radius 3 is 2.52 bits per heavy atom. The summed E-state index contributed by atoms with van der Waals surface area (Å²) in [5, 5.41) is 6.38. The fourth-order valence-electron chi connectivity index (χ4n) is 1.67. The van der Waals surface area contributed by atoms with Crippen LogP contribution in [0, 0.1) is 0 Å². The predicted octanol–water partition coefficient (Wildman–Crippen LogP) is 1.67. The molecule has 0 unspecified atom stereocenters. The second-order valence-corrected chi connectivity index (χ2v) is 6.66. The molecule has 0 spiro atoms. The maximum atomic E-state index is 12.3. The summed E-state index contributed by atoms with van der Waals surface area (Å²) < 4.78 is 37.8. The molecule has 2 aromatic rings. The zero-order valence-electron chi connectivity index (χ0n) is 11.4. The molecule has 9 heteroatoms. The van der Waals surface area contributed by atoms with Crippen molar-refractivity contribution in [1.29, 1.82) is 0 Å². The fraction of sp³-hybridized carbons (Fsp3) is 0.250. The summed E-state index contributed by atoms with van der Waals surface area (Å²) in [7, 11) is -0.771. The van der Waals surface area contributed by atoms with Gasteiger partial charge in [0.25, 0.3) is 0 Å². The number of aromatic nitrogens is 2. The van der Waals surface area contributed by atoms with E-state index in [4.69, 9.17) is 9.47 Å². The lowest BCUT2D eigenvalue weighted by Crippen LogP contribution is -2.23. The molecule has 7 nitrogen and oxygen atoms in total. The number of sulfonamides is 1. The Morgan fingerprint density at radius 1 is 1.29 bits per heavy atom. The summed E-state index contributed by atoms with van der Waals surface area (Å²) >= 11 is 3.23. The van der Waals surface area contributed by atoms with Gasteiger partial charge in [-0.05, 0) is 22.0 Å². The third-order valence-electron chi connectivity index (χ3n) is 2.75. The van der Waals surface area contributed by atoms with Crippen molar-refractivity contribution in [3.05, 3.63) is 34.6 Å². The monoisotopic (exact) mass is 375 g/mol. The molecule has 0 aliphatic rings. The van der Waals surface area contributed by atoms with E-state index < -0.39 is 10.0 Å². The van der Waals surface area contributed by atoms with Crippen LogP contribution >= 0.6 is 15.9 Å². The molecule has 21 heavy (non-hydrogen) atoms. The molecule has 114 valence electrons. The van der Waals surface area contributed by atoms with Crippen LogP contribution in [0.15, 0.2) is 33.9 Å². The second-order valence-electron chi connectivity index (χ2n) is 4.07. The molecule has 0 amide bonds. The number of methoxy groups -OCH3 is 2. The molecule has 1 aromatic carbocycles. The molecule has 0 radical (unpaired) electrons. The summed E-state index contributed by atoms with van der Waals surface area (Å²) in [6.07, 6.45) is 3.17. The van der Waals surface area contributed by atoms with Gasteiger partial charge in [-0.15, -0.1) is 0 Å². The minimum absolute atomic E-state index is 0.0728. The topological polar surface area (TPSA) is 93.3 Å². The zero-order valence-corrected chi connectivity index (χ0v) is 13.8. The van der Waals surface area contributed by atoms with Crippen molar-refractivity contribution < 1.29 is 17.9 Å². The third kappa shape index (κ3) is 3.55. The molecule has 0 atom stereocenters. The highest BCUT2D eigenvalue weighted by Gasteiger charge is 2.21. The first-order chi connectivity index (χ1) is 9.97. The van der Waals surface area contributed by atoms with Crippen molar-refractivity contribution in [3.63, 3.8) is 0 Å². The van der Waals surface area contributed by atoms with E-state index in [1.54, 1.807) is 18.5 Å². The van der Waals surface area contributed by atoms with Gasteiger partial charge in [0.1, 0.15) is 4.90 Å². The quantitative estimate of drug-likeness (QED) is 0.800. The van der Waals surface area contributed by atoms with E-state index in [0.717, 1.165) is 5.56 Å². The van der Waals surface area contributed by atoms with E-state index >= 15 is 0 Å². The molecule has 0 bridgehead atoms. The molecular weight excluding hydrogens is 362 g/mol. The average Bonchev–Trinajstić information content (AvgIpc) is 2.98. The summed E-state index contributed by atoms with van der Waals surface area (Å²) in [6.45, 7) is 0.139. The number of ether oxygens (including phenoxy) is 2. The number of H-pyrrole nitrogens is 1. The molecule has 0 aliphatic carbocycles. The van der Waals surface area contributed by atoms with Crippen LogP contribution in [0.2, 0.25) is 0 Å². The van der Waals surface area contributed by atoms with E-state index in [1.165, 1.54) is 20.3 Å². The van der Waals surface area contributed by atoms with Crippen molar-refractivity contribution in [1.82, 2.24) is 14.9 Å². The second kappa shape index (κ2) is 6.46. The van der Waals surface area contributed by atoms with Crippen molar-refractivity contribution >= 4 is 26.0 Å². The predicted molar refractivity (Wildman–Crippen MR) is 79.9 cm³/mol. The molecule has 1 aromatic heterocycles. The first kappa shape index (κ1) is 15.8. The summed E-state index contributed by atoms with van der Waals surface area (Å²) in [5.74, 6) is 0.780. The number of hydrogen-bond donors (Lipinski definition) is 2. The van der Waals surface area contributed by atoms with Crippen LogP contribution in [-0.4, -0.2) is 32.8 Å². The van der Waals surface area contributed by atoms with Crippen LogP contribution in [-0.2, 0) is 16.6 Å². The normalized spacial score (nSPS) is 11.4. The van der Waals surface area contributed by atoms with Crippen LogP contribution < -0.4 is 14.2 Å². The van der Waals surface area contributed by atoms with Gasteiger partial charge in [0.2, 0.25) is 10.0 Å². The van der Waals surface area contributed by atoms with E-state index in [9.17, 15) is 8.42 Å². The summed E-state index contributed by atoms with van der Waals surface area (Å²) in [6, 6.07) is 2.95. The van der Waals surface area contributed by atoms with Gasteiger partial charge in [-0.3, -0.25) is 5.10 Å². The smallest absolute Gasteiger partial charge is 0.242 e. The largest absolute Gasteiger partial charge is 0.493 e. The minimum atomic E-state index is -3.70. The lowest BCUT2D eigenvalue weighted by Gasteiger charge is -2.12. The van der Waals surface area contributed by atoms with Gasteiger partial charge in [-0.25, -0.2) is 13.1 Å². The maximum absolute atomic E-state index is 12.3. The van der Waals surface area contributed by atoms with E-state index in [-0.39, 0.29) is 11.4 Å². The third-order valence-corrected chi connectivity index (χ3v) is 5.11. The molecule has 2 N–H and O–H groups in total. The fourth-order valence-corrected chi connectivity index (χ4v) is 3.72. The van der Waals surface area contributed by atoms with Gasteiger partial charge >= 0.3 is 0 Å². The Balaban J connectivity index is 2.31. The van der Waals surface area contributed by atoms with Crippen molar-refractivity contribution in [3.8, 4) is 11.5 Å². The summed E-state index contributed by atoms with van der Waals surface area (Å²) in [4.78, 5) is 0.0728. The number of benzene rings is 1. The Morgan fingerprint density at radius 2 is 1.95 bits per heavy atom. The van der Waals surface area contributed by atoms with Gasteiger partial charge in [0.15, 0.2) is 11.5 Å². The van der Waals surface area contributed by atoms with Crippen LogP contribution in [0.5, 0.6) is 11.5 Å². The lowest BCUT2D eigenvalue weighted by molar-refractivity contribution is 0.353. The van der Waals surface area contributed by atoms with Crippen LogP contribution in [0.4, 0.5) is 0 Å². The molecule has 0 saturated carbocycles. The van der Waals surface area contributed by atoms with Crippen LogP contribution in [0.1, 0.15) is 5.56 Å². The van der Waals surface area contributed by atoms with Gasteiger partial charge in [-0.1, -0.05) is 0 Å². The van der Waals surface area contributed by atoms with E-state index in [1.807, 2.05) is 0 Å². The van der Waals surface area contributed by atoms with Gasteiger partial charge in [-0.2, -0.15) is 5.10 Å². The number of halogens is 1. The maximum Gasteiger partial charge on any atom is 0.242 e. The van der Waals surface area contributed by atoms with Crippen molar-refractivity contribution in [2.45, 2.75) is 11.4 Å². The highest BCUT2D eigenvalue weighted by atomic mass is 79.9. The molecule has 2 rings (SSSR count). The number of aromatic amines is 1. The molecular formula is C12H14BrN3O4S. The highest BCUT2D eigenvalue weighted by molar-refractivity contribution is 9.10. The molecule has 0 fully saturated rings. The molecule has 0 aliphatic heterocycles. The number of nitrogens with zero attached hydrogens (tertiary/aromatic N) is 1. The first-order valence-corrected chi connectivity index (χ1v) is 8.14. The number of rotatable bonds is 6. The van der Waals surface area contributed by atoms with Crippen LogP contribution in [0.3, 0.4) is 0 Å². The minimum Gasteiger partial charge on any atom is -0.493 e. The first-order valence-electron chi connectivity index (χ1n) is 5.86. The molecule has 0 saturated heterocycles. The van der Waals surface area contributed by atoms with E-state index in [2.05, 4.69) is 30.8 Å². The average molecular weight is 376 g/mol. The van der Waals surface area contributed by atoms with Gasteiger partial charge < -0.3 is 9.47 Å². The van der Waals surface area contributed by atoms with Gasteiger partial charge in [0.05, 0.1) is 20.4 Å². The molecule has 1 heterocycles. The summed E-state index contributed by atoms with van der Waals surface area (Å²) in [5.41, 5.74) is 0.732. The van der Waals surface area contributed by atoms with E-state index in [0.29, 0.717) is 16.0 Å². The number of nitrogens with one attached hydrogen (secondary N) is 2. The van der Waals surface area contributed by atoms with Crippen molar-refractivity contribution in [2.24, 2.45) is 0 Å². The van der Waals surface area contributed by atoms with Crippen molar-refractivity contribution in [2.75, 3.05) is 14.2 Å². The standard InChI is InChI=1S/C12H14BrN3O4S/c1-19-10-3-9(13)12(4-11(10)20-2)21(17,18)16-7-8-5-14-15-6-8/h3-6,16H,7H2,1-2H3,(H,14,15).